The van der Waals surface area contributed by atoms with Crippen LogP contribution in [-0.2, 0) is 6.42 Å². The number of rotatable bonds is 4. The van der Waals surface area contributed by atoms with E-state index in [1.54, 1.807) is 11.3 Å². The molecule has 0 spiro atoms. The van der Waals surface area contributed by atoms with Gasteiger partial charge in [0, 0.05) is 10.9 Å². The van der Waals surface area contributed by atoms with Crippen molar-refractivity contribution in [3.63, 3.8) is 0 Å². The van der Waals surface area contributed by atoms with E-state index in [0.717, 1.165) is 16.7 Å². The molecule has 1 nitrogen and oxygen atoms in total. The van der Waals surface area contributed by atoms with Crippen molar-refractivity contribution in [2.24, 2.45) is 11.3 Å². The molecule has 1 fully saturated rings. The minimum absolute atomic E-state index is 0.465. The Balaban J connectivity index is 2.07. The first-order chi connectivity index (χ1) is 8.53. The van der Waals surface area contributed by atoms with Crippen molar-refractivity contribution in [3.05, 3.63) is 21.3 Å². The molecule has 1 aliphatic carbocycles. The summed E-state index contributed by atoms with van der Waals surface area (Å²) >= 11 is 7.75. The fourth-order valence-corrected chi connectivity index (χ4v) is 4.54. The third-order valence-electron chi connectivity index (χ3n) is 4.50. The lowest BCUT2D eigenvalue weighted by molar-refractivity contribution is 0.101. The van der Waals surface area contributed by atoms with Crippen molar-refractivity contribution in [1.29, 1.82) is 0 Å². The highest BCUT2D eigenvalue weighted by atomic mass is 35.5. The lowest BCUT2D eigenvalue weighted by Crippen LogP contribution is -2.44. The number of nitrogens with one attached hydrogen (secondary N) is 1. The summed E-state index contributed by atoms with van der Waals surface area (Å²) in [4.78, 5) is 1.40. The van der Waals surface area contributed by atoms with Crippen LogP contribution in [0.25, 0.3) is 0 Å². The zero-order valence-corrected chi connectivity index (χ0v) is 13.2. The van der Waals surface area contributed by atoms with Crippen LogP contribution in [0.15, 0.2) is 12.1 Å². The number of hydrogen-bond donors (Lipinski definition) is 1. The molecule has 0 bridgehead atoms. The van der Waals surface area contributed by atoms with Gasteiger partial charge in [0.05, 0.1) is 4.34 Å². The van der Waals surface area contributed by atoms with Crippen molar-refractivity contribution in [2.45, 2.75) is 52.0 Å². The molecule has 102 valence electrons. The Labute approximate surface area is 120 Å². The first-order valence-corrected chi connectivity index (χ1v) is 8.14. The second-order valence-corrected chi connectivity index (χ2v) is 7.95. The van der Waals surface area contributed by atoms with E-state index >= 15 is 0 Å². The summed E-state index contributed by atoms with van der Waals surface area (Å²) in [6, 6.07) is 4.77. The van der Waals surface area contributed by atoms with Crippen LogP contribution in [0, 0.1) is 11.3 Å². The van der Waals surface area contributed by atoms with E-state index in [4.69, 9.17) is 11.6 Å². The van der Waals surface area contributed by atoms with Crippen molar-refractivity contribution in [2.75, 3.05) is 7.05 Å². The van der Waals surface area contributed by atoms with Crippen molar-refractivity contribution >= 4 is 22.9 Å². The molecule has 2 atom stereocenters. The first-order valence-electron chi connectivity index (χ1n) is 6.94. The Hall–Kier alpha value is -0.0500. The van der Waals surface area contributed by atoms with Gasteiger partial charge in [-0.2, -0.15) is 0 Å². The van der Waals surface area contributed by atoms with Crippen LogP contribution in [0.2, 0.25) is 4.34 Å². The molecule has 1 heterocycles. The second-order valence-electron chi connectivity index (χ2n) is 6.15. The van der Waals surface area contributed by atoms with Gasteiger partial charge in [-0.3, -0.25) is 0 Å². The Morgan fingerprint density at radius 1 is 1.44 bits per heavy atom. The Morgan fingerprint density at radius 2 is 2.22 bits per heavy atom. The van der Waals surface area contributed by atoms with Gasteiger partial charge in [-0.15, -0.1) is 11.3 Å². The van der Waals surface area contributed by atoms with Crippen LogP contribution < -0.4 is 5.32 Å². The lowest BCUT2D eigenvalue weighted by atomic mass is 9.65. The molecular weight excluding hydrogens is 262 g/mol. The van der Waals surface area contributed by atoms with Gasteiger partial charge in [0.2, 0.25) is 0 Å². The average Bonchev–Trinajstić information content (AvgIpc) is 2.72. The molecular formula is C15H24ClNS. The summed E-state index contributed by atoms with van der Waals surface area (Å²) in [6.07, 6.45) is 6.61. The second kappa shape index (κ2) is 5.94. The van der Waals surface area contributed by atoms with E-state index in [0.29, 0.717) is 11.5 Å². The molecule has 1 N–H and O–H groups in total. The normalized spacial score (nSPS) is 25.0. The van der Waals surface area contributed by atoms with Crippen LogP contribution in [0.4, 0.5) is 0 Å². The maximum atomic E-state index is 6.03. The summed E-state index contributed by atoms with van der Waals surface area (Å²) in [7, 11) is 2.10. The third-order valence-corrected chi connectivity index (χ3v) is 5.75. The van der Waals surface area contributed by atoms with Crippen LogP contribution in [-0.4, -0.2) is 13.1 Å². The number of halogens is 1. The summed E-state index contributed by atoms with van der Waals surface area (Å²) in [5, 5.41) is 3.55. The number of thiophene rings is 1. The predicted octanol–water partition coefficient (Wildman–Crippen LogP) is 4.75. The average molecular weight is 286 g/mol. The maximum absolute atomic E-state index is 6.03. The fourth-order valence-electron chi connectivity index (χ4n) is 3.39. The minimum atomic E-state index is 0.465. The quantitative estimate of drug-likeness (QED) is 0.842. The standard InChI is InChI=1S/C15H24ClNS/c1-15(2)9-5-4-6-12(15)13(17-3)10-11-7-8-14(16)18-11/h7-8,12-13,17H,4-6,9-10H2,1-3H3. The zero-order chi connectivity index (χ0) is 13.2. The van der Waals surface area contributed by atoms with E-state index < -0.39 is 0 Å². The molecule has 18 heavy (non-hydrogen) atoms. The molecule has 2 unspecified atom stereocenters. The molecule has 0 saturated heterocycles. The van der Waals surface area contributed by atoms with E-state index in [1.165, 1.54) is 30.6 Å². The Bertz CT molecular complexity index is 386. The van der Waals surface area contributed by atoms with Crippen LogP contribution in [0.3, 0.4) is 0 Å². The van der Waals surface area contributed by atoms with Crippen LogP contribution in [0.1, 0.15) is 44.4 Å². The van der Waals surface area contributed by atoms with Crippen LogP contribution >= 0.6 is 22.9 Å². The SMILES string of the molecule is CNC(Cc1ccc(Cl)s1)C1CCCCC1(C)C. The van der Waals surface area contributed by atoms with Gasteiger partial charge in [-0.25, -0.2) is 0 Å². The molecule has 0 aromatic carbocycles. The van der Waals surface area contributed by atoms with Crippen molar-refractivity contribution in [1.82, 2.24) is 5.32 Å². The van der Waals surface area contributed by atoms with Gasteiger partial charge in [0.15, 0.2) is 0 Å². The molecule has 0 aliphatic heterocycles. The zero-order valence-electron chi connectivity index (χ0n) is 11.6. The molecule has 2 rings (SSSR count). The third kappa shape index (κ3) is 3.28. The maximum Gasteiger partial charge on any atom is 0.0931 e. The van der Waals surface area contributed by atoms with Gasteiger partial charge in [-0.05, 0) is 49.8 Å². The predicted molar refractivity (Wildman–Crippen MR) is 81.6 cm³/mol. The van der Waals surface area contributed by atoms with E-state index in [1.807, 2.05) is 6.07 Å². The Kier molecular flexibility index (Phi) is 4.74. The molecule has 1 saturated carbocycles. The smallest absolute Gasteiger partial charge is 0.0931 e. The minimum Gasteiger partial charge on any atom is -0.316 e. The van der Waals surface area contributed by atoms with E-state index in [-0.39, 0.29) is 0 Å². The van der Waals surface area contributed by atoms with E-state index in [9.17, 15) is 0 Å². The largest absolute Gasteiger partial charge is 0.316 e. The summed E-state index contributed by atoms with van der Waals surface area (Å²) in [6.45, 7) is 4.87. The topological polar surface area (TPSA) is 12.0 Å². The number of likely N-dealkylation sites (N-methyl/N-ethyl adjacent to an activating group) is 1. The van der Waals surface area contributed by atoms with Crippen LogP contribution in [0.5, 0.6) is 0 Å². The highest BCUT2D eigenvalue weighted by Gasteiger charge is 2.36. The molecule has 1 aromatic heterocycles. The molecule has 1 aromatic rings. The fraction of sp³-hybridized carbons (Fsp3) is 0.733. The molecule has 3 heteroatoms. The van der Waals surface area contributed by atoms with Gasteiger partial charge in [0.1, 0.15) is 0 Å². The summed E-state index contributed by atoms with van der Waals surface area (Å²) in [5.74, 6) is 0.775. The van der Waals surface area contributed by atoms with Crippen molar-refractivity contribution in [3.8, 4) is 0 Å². The Morgan fingerprint density at radius 3 is 2.78 bits per heavy atom. The van der Waals surface area contributed by atoms with Crippen molar-refractivity contribution < 1.29 is 0 Å². The lowest BCUT2D eigenvalue weighted by Gasteiger charge is -2.43. The van der Waals surface area contributed by atoms with E-state index in [2.05, 4.69) is 32.3 Å². The molecule has 0 radical (unpaired) electrons. The highest BCUT2D eigenvalue weighted by molar-refractivity contribution is 7.16. The molecule has 0 amide bonds. The highest BCUT2D eigenvalue weighted by Crippen LogP contribution is 2.43. The summed E-state index contributed by atoms with van der Waals surface area (Å²) in [5.41, 5.74) is 0.465. The van der Waals surface area contributed by atoms with Gasteiger partial charge in [0.25, 0.3) is 0 Å². The van der Waals surface area contributed by atoms with Gasteiger partial charge >= 0.3 is 0 Å². The van der Waals surface area contributed by atoms with Gasteiger partial charge in [-0.1, -0.05) is 38.3 Å². The van der Waals surface area contributed by atoms with Gasteiger partial charge < -0.3 is 5.32 Å². The monoisotopic (exact) mass is 285 g/mol. The number of hydrogen-bond acceptors (Lipinski definition) is 2. The molecule has 1 aliphatic rings. The first kappa shape index (κ1) is 14.4. The summed E-state index contributed by atoms with van der Waals surface area (Å²) < 4.78 is 0.905.